The van der Waals surface area contributed by atoms with Crippen LogP contribution < -0.4 is 4.90 Å². The van der Waals surface area contributed by atoms with Crippen LogP contribution in [-0.2, 0) is 7.05 Å². The summed E-state index contributed by atoms with van der Waals surface area (Å²) in [7, 11) is 3.86. The van der Waals surface area contributed by atoms with Crippen molar-refractivity contribution in [3.8, 4) is 23.7 Å². The molecule has 0 fully saturated rings. The highest BCUT2D eigenvalue weighted by atomic mass is 16.4. The number of nitrogens with zero attached hydrogens (tertiary/aromatic N) is 4. The highest BCUT2D eigenvalue weighted by Gasteiger charge is 2.19. The van der Waals surface area contributed by atoms with E-state index in [0.29, 0.717) is 11.0 Å². The Morgan fingerprint density at radius 3 is 2.69 bits per heavy atom. The van der Waals surface area contributed by atoms with E-state index < -0.39 is 5.97 Å². The predicted molar refractivity (Wildman–Crippen MR) is 125 cm³/mol. The smallest absolute Gasteiger partial charge is 0.337 e. The monoisotopic (exact) mass is 421 g/mol. The fourth-order valence-electron chi connectivity index (χ4n) is 4.04. The molecule has 2 N–H and O–H groups in total. The fourth-order valence-corrected chi connectivity index (χ4v) is 4.04. The first-order valence-electron chi connectivity index (χ1n) is 9.95. The third-order valence-electron chi connectivity index (χ3n) is 5.63. The zero-order chi connectivity index (χ0) is 22.4. The van der Waals surface area contributed by atoms with Gasteiger partial charge in [0.15, 0.2) is 0 Å². The normalized spacial score (nSPS) is 11.0. The Morgan fingerprint density at radius 1 is 1.19 bits per heavy atom. The number of nitrogens with one attached hydrogen (secondary N) is 1. The average Bonchev–Trinajstić information content (AvgIpc) is 3.37. The molecule has 0 saturated carbocycles. The number of carboxylic acids is 1. The zero-order valence-electron chi connectivity index (χ0n) is 17.5. The molecule has 156 valence electrons. The number of aryl methyl sites for hydroxylation is 1. The zero-order valence-corrected chi connectivity index (χ0v) is 17.5. The SMILES string of the molecule is C#Cc1ccc(N(C)c2cccc3c(-c4cc5nccc(C(=O)O)c5[nH]4)n(C)nc23)cc1. The van der Waals surface area contributed by atoms with Crippen LogP contribution in [0.15, 0.2) is 60.8 Å². The van der Waals surface area contributed by atoms with Crippen LogP contribution in [0, 0.1) is 12.3 Å². The van der Waals surface area contributed by atoms with E-state index in [2.05, 4.69) is 20.8 Å². The maximum absolute atomic E-state index is 11.6. The predicted octanol–water partition coefficient (Wildman–Crippen LogP) is 4.56. The quantitative estimate of drug-likeness (QED) is 0.415. The minimum absolute atomic E-state index is 0.184. The van der Waals surface area contributed by atoms with Gasteiger partial charge in [-0.25, -0.2) is 4.79 Å². The number of H-pyrrole nitrogens is 1. The maximum Gasteiger partial charge on any atom is 0.337 e. The largest absolute Gasteiger partial charge is 0.478 e. The lowest BCUT2D eigenvalue weighted by atomic mass is 10.1. The van der Waals surface area contributed by atoms with Gasteiger partial charge in [-0.1, -0.05) is 18.1 Å². The van der Waals surface area contributed by atoms with Crippen molar-refractivity contribution in [3.05, 3.63) is 71.9 Å². The van der Waals surface area contributed by atoms with Crippen LogP contribution in [0.2, 0.25) is 0 Å². The van der Waals surface area contributed by atoms with E-state index in [0.717, 1.165) is 39.2 Å². The van der Waals surface area contributed by atoms with Crippen molar-refractivity contribution in [1.82, 2.24) is 19.7 Å². The van der Waals surface area contributed by atoms with E-state index in [1.54, 1.807) is 4.68 Å². The van der Waals surface area contributed by atoms with Crippen molar-refractivity contribution in [2.75, 3.05) is 11.9 Å². The van der Waals surface area contributed by atoms with Gasteiger partial charge in [0.1, 0.15) is 5.52 Å². The van der Waals surface area contributed by atoms with Crippen molar-refractivity contribution >= 4 is 39.3 Å². The van der Waals surface area contributed by atoms with E-state index in [1.807, 2.05) is 62.6 Å². The van der Waals surface area contributed by atoms with E-state index in [4.69, 9.17) is 11.5 Å². The number of benzene rings is 2. The summed E-state index contributed by atoms with van der Waals surface area (Å²) in [5.74, 6) is 1.63. The molecule has 0 saturated heterocycles. The second-order valence-corrected chi connectivity index (χ2v) is 7.50. The van der Waals surface area contributed by atoms with E-state index in [-0.39, 0.29) is 5.56 Å². The van der Waals surface area contributed by atoms with Crippen molar-refractivity contribution in [2.24, 2.45) is 7.05 Å². The molecule has 3 aromatic heterocycles. The second kappa shape index (κ2) is 7.29. The van der Waals surface area contributed by atoms with E-state index in [9.17, 15) is 9.90 Å². The topological polar surface area (TPSA) is 87.0 Å². The Labute approximate surface area is 183 Å². The van der Waals surface area contributed by atoms with Gasteiger partial charge in [-0.05, 0) is 42.5 Å². The van der Waals surface area contributed by atoms with Gasteiger partial charge < -0.3 is 15.0 Å². The van der Waals surface area contributed by atoms with E-state index >= 15 is 0 Å². The highest BCUT2D eigenvalue weighted by molar-refractivity contribution is 6.05. The van der Waals surface area contributed by atoms with Crippen molar-refractivity contribution < 1.29 is 9.90 Å². The number of terminal acetylenes is 1. The van der Waals surface area contributed by atoms with Crippen LogP contribution >= 0.6 is 0 Å². The van der Waals surface area contributed by atoms with Gasteiger partial charge in [0.2, 0.25) is 0 Å². The molecule has 7 nitrogen and oxygen atoms in total. The van der Waals surface area contributed by atoms with Crippen molar-refractivity contribution in [1.29, 1.82) is 0 Å². The summed E-state index contributed by atoms with van der Waals surface area (Å²) in [6.07, 6.45) is 6.98. The van der Waals surface area contributed by atoms with Gasteiger partial charge in [0.25, 0.3) is 0 Å². The third kappa shape index (κ3) is 2.97. The standard InChI is InChI=1S/C25H19N5O2/c1-4-15-8-10-16(11-9-15)29(2)21-7-5-6-17-23(21)28-30(3)24(17)20-14-19-22(27-20)18(25(31)32)12-13-26-19/h1,5-14,27H,2-3H3,(H,31,32). The van der Waals surface area contributed by atoms with Gasteiger partial charge in [-0.15, -0.1) is 6.42 Å². The second-order valence-electron chi connectivity index (χ2n) is 7.50. The van der Waals surface area contributed by atoms with Gasteiger partial charge >= 0.3 is 5.97 Å². The number of pyridine rings is 1. The fraction of sp³-hybridized carbons (Fsp3) is 0.0800. The number of carbonyl (C=O) groups is 1. The molecular formula is C25H19N5O2. The highest BCUT2D eigenvalue weighted by Crippen LogP contribution is 2.36. The number of aromatic nitrogens is 4. The number of aromatic amines is 1. The Morgan fingerprint density at radius 2 is 1.97 bits per heavy atom. The summed E-state index contributed by atoms with van der Waals surface area (Å²) in [5.41, 5.74) is 6.47. The summed E-state index contributed by atoms with van der Waals surface area (Å²) in [6.45, 7) is 0. The molecule has 5 rings (SSSR count). The van der Waals surface area contributed by atoms with Gasteiger partial charge in [0, 0.05) is 36.9 Å². The summed E-state index contributed by atoms with van der Waals surface area (Å²) in [6, 6.07) is 17.1. The van der Waals surface area contributed by atoms with Gasteiger partial charge in [-0.3, -0.25) is 9.67 Å². The molecule has 0 amide bonds. The lowest BCUT2D eigenvalue weighted by Crippen LogP contribution is -2.09. The first-order chi connectivity index (χ1) is 15.5. The Kier molecular flexibility index (Phi) is 4.42. The van der Waals surface area contributed by atoms with Crippen LogP contribution in [0.4, 0.5) is 11.4 Å². The Hall–Kier alpha value is -4.57. The molecular weight excluding hydrogens is 402 g/mol. The summed E-state index contributed by atoms with van der Waals surface area (Å²) >= 11 is 0. The molecule has 0 unspecified atom stereocenters. The molecule has 0 aliphatic heterocycles. The number of aromatic carboxylic acids is 1. The van der Waals surface area contributed by atoms with Crippen LogP contribution in [0.1, 0.15) is 15.9 Å². The lowest BCUT2D eigenvalue weighted by molar-refractivity contribution is 0.0698. The van der Waals surface area contributed by atoms with Crippen LogP contribution in [0.5, 0.6) is 0 Å². The molecule has 2 aromatic carbocycles. The minimum Gasteiger partial charge on any atom is -0.478 e. The van der Waals surface area contributed by atoms with Crippen molar-refractivity contribution in [2.45, 2.75) is 0 Å². The molecule has 0 aliphatic carbocycles. The van der Waals surface area contributed by atoms with E-state index in [1.165, 1.54) is 12.3 Å². The molecule has 32 heavy (non-hydrogen) atoms. The number of hydrogen-bond donors (Lipinski definition) is 2. The summed E-state index contributed by atoms with van der Waals surface area (Å²) in [4.78, 5) is 21.2. The molecule has 0 bridgehead atoms. The molecule has 7 heteroatoms. The first-order valence-corrected chi connectivity index (χ1v) is 9.95. The summed E-state index contributed by atoms with van der Waals surface area (Å²) < 4.78 is 1.80. The van der Waals surface area contributed by atoms with Gasteiger partial charge in [0.05, 0.1) is 33.7 Å². The molecule has 3 heterocycles. The van der Waals surface area contributed by atoms with Crippen LogP contribution in [0.3, 0.4) is 0 Å². The minimum atomic E-state index is -1.000. The average molecular weight is 421 g/mol. The number of anilines is 2. The molecule has 0 atom stereocenters. The molecule has 0 spiro atoms. The Balaban J connectivity index is 1.66. The molecule has 5 aromatic rings. The number of carboxylic acid groups (broad SMARTS) is 1. The number of rotatable bonds is 4. The number of fused-ring (bicyclic) bond motifs is 2. The van der Waals surface area contributed by atoms with Gasteiger partial charge in [-0.2, -0.15) is 5.10 Å². The third-order valence-corrected chi connectivity index (χ3v) is 5.63. The van der Waals surface area contributed by atoms with Crippen LogP contribution in [-0.4, -0.2) is 37.9 Å². The number of hydrogen-bond acceptors (Lipinski definition) is 4. The molecule has 0 radical (unpaired) electrons. The summed E-state index contributed by atoms with van der Waals surface area (Å²) in [5, 5.41) is 15.2. The lowest BCUT2D eigenvalue weighted by Gasteiger charge is -2.20. The molecule has 0 aliphatic rings. The van der Waals surface area contributed by atoms with Crippen LogP contribution in [0.25, 0.3) is 33.3 Å². The first kappa shape index (κ1) is 19.4. The van der Waals surface area contributed by atoms with Crippen molar-refractivity contribution in [3.63, 3.8) is 0 Å². The maximum atomic E-state index is 11.6. The Bertz CT molecular complexity index is 1540.